The summed E-state index contributed by atoms with van der Waals surface area (Å²) in [5.41, 5.74) is 3.28. The molecule has 1 aromatic carbocycles. The summed E-state index contributed by atoms with van der Waals surface area (Å²) in [4.78, 5) is 0. The molecule has 0 saturated carbocycles. The number of hydrogen-bond donors (Lipinski definition) is 2. The third-order valence-corrected chi connectivity index (χ3v) is 2.97. The average molecular weight is 261 g/mol. The molecule has 2 unspecified atom stereocenters. The standard InChI is InChI=1S/C12H18ClFN2O/c1-8(17-2)5-11(16-15)6-9-3-4-10(13)7-12(9)14/h3-4,7-8,11,16H,5-6,15H2,1-2H3. The van der Waals surface area contributed by atoms with Crippen molar-refractivity contribution in [2.75, 3.05) is 7.11 Å². The fraction of sp³-hybridized carbons (Fsp3) is 0.500. The second-order valence-electron chi connectivity index (χ2n) is 4.09. The number of hydrazine groups is 1. The van der Waals surface area contributed by atoms with E-state index in [0.717, 1.165) is 6.42 Å². The molecule has 3 N–H and O–H groups in total. The van der Waals surface area contributed by atoms with Gasteiger partial charge in [-0.2, -0.15) is 0 Å². The predicted octanol–water partition coefficient (Wildman–Crippen LogP) is 2.28. The van der Waals surface area contributed by atoms with Gasteiger partial charge in [0.2, 0.25) is 0 Å². The van der Waals surface area contributed by atoms with Crippen LogP contribution in [0, 0.1) is 5.82 Å². The molecule has 0 aromatic heterocycles. The highest BCUT2D eigenvalue weighted by molar-refractivity contribution is 6.30. The van der Waals surface area contributed by atoms with Crippen molar-refractivity contribution in [2.45, 2.75) is 31.9 Å². The zero-order valence-electron chi connectivity index (χ0n) is 10.0. The molecular weight excluding hydrogens is 243 g/mol. The summed E-state index contributed by atoms with van der Waals surface area (Å²) in [6.45, 7) is 1.95. The Kier molecular flexibility index (Phi) is 5.85. The molecule has 0 spiro atoms. The monoisotopic (exact) mass is 260 g/mol. The molecule has 1 aromatic rings. The third-order valence-electron chi connectivity index (χ3n) is 2.74. The van der Waals surface area contributed by atoms with Crippen LogP contribution in [0.1, 0.15) is 18.9 Å². The van der Waals surface area contributed by atoms with Crippen LogP contribution in [0.4, 0.5) is 4.39 Å². The van der Waals surface area contributed by atoms with Crippen molar-refractivity contribution in [3.8, 4) is 0 Å². The van der Waals surface area contributed by atoms with E-state index in [9.17, 15) is 4.39 Å². The smallest absolute Gasteiger partial charge is 0.127 e. The van der Waals surface area contributed by atoms with Crippen molar-refractivity contribution in [2.24, 2.45) is 5.84 Å². The number of ether oxygens (including phenoxy) is 1. The van der Waals surface area contributed by atoms with E-state index >= 15 is 0 Å². The van der Waals surface area contributed by atoms with Crippen LogP contribution < -0.4 is 11.3 Å². The zero-order chi connectivity index (χ0) is 12.8. The lowest BCUT2D eigenvalue weighted by Gasteiger charge is -2.19. The highest BCUT2D eigenvalue weighted by Crippen LogP contribution is 2.17. The van der Waals surface area contributed by atoms with Crippen LogP contribution in [0.5, 0.6) is 0 Å². The molecule has 17 heavy (non-hydrogen) atoms. The van der Waals surface area contributed by atoms with Crippen LogP contribution in [-0.4, -0.2) is 19.3 Å². The number of methoxy groups -OCH3 is 1. The number of rotatable bonds is 6. The van der Waals surface area contributed by atoms with Crippen molar-refractivity contribution in [3.63, 3.8) is 0 Å². The van der Waals surface area contributed by atoms with Crippen molar-refractivity contribution in [1.29, 1.82) is 0 Å². The quantitative estimate of drug-likeness (QED) is 0.609. The predicted molar refractivity (Wildman–Crippen MR) is 67.3 cm³/mol. The first-order valence-electron chi connectivity index (χ1n) is 5.49. The number of nitrogens with two attached hydrogens (primary N) is 1. The van der Waals surface area contributed by atoms with Crippen molar-refractivity contribution < 1.29 is 9.13 Å². The topological polar surface area (TPSA) is 47.3 Å². The summed E-state index contributed by atoms with van der Waals surface area (Å²) in [7, 11) is 1.64. The van der Waals surface area contributed by atoms with Gasteiger partial charge in [0.1, 0.15) is 5.82 Å². The summed E-state index contributed by atoms with van der Waals surface area (Å²) in [5, 5.41) is 0.397. The number of halogens is 2. The Hall–Kier alpha value is -0.680. The van der Waals surface area contributed by atoms with E-state index in [0.29, 0.717) is 17.0 Å². The molecule has 0 aliphatic rings. The third kappa shape index (κ3) is 4.60. The van der Waals surface area contributed by atoms with Crippen LogP contribution in [0.2, 0.25) is 5.02 Å². The van der Waals surface area contributed by atoms with Crippen molar-refractivity contribution >= 4 is 11.6 Å². The first kappa shape index (κ1) is 14.4. The summed E-state index contributed by atoms with van der Waals surface area (Å²) in [5.74, 6) is 5.15. The molecule has 5 heteroatoms. The van der Waals surface area contributed by atoms with Crippen molar-refractivity contribution in [3.05, 3.63) is 34.6 Å². The summed E-state index contributed by atoms with van der Waals surface area (Å²) >= 11 is 5.69. The molecule has 0 aliphatic carbocycles. The van der Waals surface area contributed by atoms with Gasteiger partial charge in [-0.15, -0.1) is 0 Å². The SMILES string of the molecule is COC(C)CC(Cc1ccc(Cl)cc1F)NN. The number of benzene rings is 1. The van der Waals surface area contributed by atoms with E-state index in [2.05, 4.69) is 5.43 Å². The van der Waals surface area contributed by atoms with Crippen LogP contribution in [0.25, 0.3) is 0 Å². The lowest BCUT2D eigenvalue weighted by atomic mass is 10.0. The highest BCUT2D eigenvalue weighted by Gasteiger charge is 2.14. The van der Waals surface area contributed by atoms with Gasteiger partial charge < -0.3 is 4.74 Å². The van der Waals surface area contributed by atoms with Gasteiger partial charge in [-0.05, 0) is 37.5 Å². The van der Waals surface area contributed by atoms with Crippen LogP contribution in [-0.2, 0) is 11.2 Å². The first-order chi connectivity index (χ1) is 8.06. The van der Waals surface area contributed by atoms with E-state index in [1.807, 2.05) is 6.92 Å². The summed E-state index contributed by atoms with van der Waals surface area (Å²) < 4.78 is 18.7. The normalized spacial score (nSPS) is 14.6. The van der Waals surface area contributed by atoms with Gasteiger partial charge in [-0.25, -0.2) is 4.39 Å². The summed E-state index contributed by atoms with van der Waals surface area (Å²) in [6, 6.07) is 4.64. The molecule has 96 valence electrons. The zero-order valence-corrected chi connectivity index (χ0v) is 10.8. The fourth-order valence-corrected chi connectivity index (χ4v) is 1.82. The number of hydrogen-bond acceptors (Lipinski definition) is 3. The van der Waals surface area contributed by atoms with Gasteiger partial charge in [0.25, 0.3) is 0 Å². The lowest BCUT2D eigenvalue weighted by molar-refractivity contribution is 0.100. The molecule has 0 fully saturated rings. The first-order valence-corrected chi connectivity index (χ1v) is 5.87. The van der Waals surface area contributed by atoms with Crippen molar-refractivity contribution in [1.82, 2.24) is 5.43 Å². The Balaban J connectivity index is 2.67. The molecule has 0 aliphatic heterocycles. The Morgan fingerprint density at radius 2 is 2.24 bits per heavy atom. The van der Waals surface area contributed by atoms with Crippen LogP contribution >= 0.6 is 11.6 Å². The molecule has 1 rings (SSSR count). The van der Waals surface area contributed by atoms with Gasteiger partial charge in [0.05, 0.1) is 6.10 Å². The molecule has 0 saturated heterocycles. The largest absolute Gasteiger partial charge is 0.382 e. The fourth-order valence-electron chi connectivity index (χ4n) is 1.66. The molecule has 0 radical (unpaired) electrons. The molecule has 2 atom stereocenters. The molecule has 0 bridgehead atoms. The Morgan fingerprint density at radius 1 is 1.53 bits per heavy atom. The number of nitrogens with one attached hydrogen (secondary N) is 1. The molecular formula is C12H18ClFN2O. The van der Waals surface area contributed by atoms with Crippen LogP contribution in [0.15, 0.2) is 18.2 Å². The average Bonchev–Trinajstić information content (AvgIpc) is 2.31. The summed E-state index contributed by atoms with van der Waals surface area (Å²) in [6.07, 6.45) is 1.30. The van der Waals surface area contributed by atoms with E-state index in [1.54, 1.807) is 19.2 Å². The van der Waals surface area contributed by atoms with E-state index in [-0.39, 0.29) is 18.0 Å². The minimum absolute atomic E-state index is 0.0272. The maximum absolute atomic E-state index is 13.6. The van der Waals surface area contributed by atoms with E-state index in [1.165, 1.54) is 6.07 Å². The molecule has 0 heterocycles. The highest BCUT2D eigenvalue weighted by atomic mass is 35.5. The minimum atomic E-state index is -0.303. The van der Waals surface area contributed by atoms with Gasteiger partial charge in [-0.1, -0.05) is 17.7 Å². The van der Waals surface area contributed by atoms with Gasteiger partial charge in [-0.3, -0.25) is 11.3 Å². The molecule has 3 nitrogen and oxygen atoms in total. The minimum Gasteiger partial charge on any atom is -0.382 e. The lowest BCUT2D eigenvalue weighted by Crippen LogP contribution is -2.39. The maximum Gasteiger partial charge on any atom is 0.127 e. The van der Waals surface area contributed by atoms with Gasteiger partial charge in [0.15, 0.2) is 0 Å². The van der Waals surface area contributed by atoms with Crippen LogP contribution in [0.3, 0.4) is 0 Å². The molecule has 0 amide bonds. The van der Waals surface area contributed by atoms with Gasteiger partial charge in [0, 0.05) is 18.2 Å². The Bertz CT molecular complexity index is 362. The van der Waals surface area contributed by atoms with E-state index < -0.39 is 0 Å². The Labute approximate surface area is 106 Å². The maximum atomic E-state index is 13.6. The second-order valence-corrected chi connectivity index (χ2v) is 4.52. The Morgan fingerprint density at radius 3 is 2.76 bits per heavy atom. The van der Waals surface area contributed by atoms with E-state index in [4.69, 9.17) is 22.2 Å². The second kappa shape index (κ2) is 6.91. The van der Waals surface area contributed by atoms with Gasteiger partial charge >= 0.3 is 0 Å².